The highest BCUT2D eigenvalue weighted by Crippen LogP contribution is 2.29. The molecule has 0 saturated carbocycles. The Bertz CT molecular complexity index is 1100. The van der Waals surface area contributed by atoms with Gasteiger partial charge in [0.1, 0.15) is 24.8 Å². The summed E-state index contributed by atoms with van der Waals surface area (Å²) in [7, 11) is 0. The monoisotopic (exact) mass is 415 g/mol. The summed E-state index contributed by atoms with van der Waals surface area (Å²) in [6.45, 7) is 13.0. The van der Waals surface area contributed by atoms with Gasteiger partial charge in [0.15, 0.2) is 11.4 Å². The first kappa shape index (κ1) is 20.9. The van der Waals surface area contributed by atoms with Gasteiger partial charge in [0.2, 0.25) is 12.7 Å². The van der Waals surface area contributed by atoms with Crippen LogP contribution < -0.4 is 14.5 Å². The van der Waals surface area contributed by atoms with Crippen molar-refractivity contribution in [3.63, 3.8) is 0 Å². The third-order valence-electron chi connectivity index (χ3n) is 5.64. The fourth-order valence-electron chi connectivity index (χ4n) is 3.70. The summed E-state index contributed by atoms with van der Waals surface area (Å²) in [4.78, 5) is 0. The zero-order chi connectivity index (χ0) is 22.1. The lowest BCUT2D eigenvalue weighted by molar-refractivity contribution is -0.715. The molecule has 2 heterocycles. The number of nitrogens with one attached hydrogen (secondary N) is 1. The number of nitrogens with zero attached hydrogens (tertiary/aromatic N) is 4. The fourth-order valence-corrected chi connectivity index (χ4v) is 3.70. The standard InChI is InChI=1S/C26H33N5/c1-19(2)28-11-13-30(17-28)25-15-21(5)7-9-23(25)27-24-10-8-22(6)16-26(24)31-14-12-29(18-31)20(3)4/h7-20,27H,1-6H3/q+2. The summed E-state index contributed by atoms with van der Waals surface area (Å²) in [5.74, 6) is 0. The fraction of sp³-hybridized carbons (Fsp3) is 0.308. The van der Waals surface area contributed by atoms with E-state index < -0.39 is 0 Å². The van der Waals surface area contributed by atoms with Crippen LogP contribution in [0.1, 0.15) is 50.9 Å². The Labute approximate surface area is 185 Å². The van der Waals surface area contributed by atoms with Crippen molar-refractivity contribution in [2.75, 3.05) is 5.32 Å². The second-order valence-corrected chi connectivity index (χ2v) is 8.89. The van der Waals surface area contributed by atoms with Gasteiger partial charge in [0.25, 0.3) is 0 Å². The molecular weight excluding hydrogens is 382 g/mol. The van der Waals surface area contributed by atoms with Crippen LogP contribution in [0.4, 0.5) is 11.4 Å². The number of hydrogen-bond acceptors (Lipinski definition) is 1. The number of benzene rings is 2. The normalized spacial score (nSPS) is 11.5. The Morgan fingerprint density at radius 3 is 1.45 bits per heavy atom. The Kier molecular flexibility index (Phi) is 5.68. The Hall–Kier alpha value is -3.34. The van der Waals surface area contributed by atoms with E-state index in [0.29, 0.717) is 12.1 Å². The molecular formula is C26H33N5+2. The van der Waals surface area contributed by atoms with E-state index in [0.717, 1.165) is 22.7 Å². The quantitative estimate of drug-likeness (QED) is 0.422. The molecule has 0 amide bonds. The van der Waals surface area contributed by atoms with Crippen LogP contribution >= 0.6 is 0 Å². The first-order valence-corrected chi connectivity index (χ1v) is 11.0. The maximum Gasteiger partial charge on any atom is 0.249 e. The molecule has 1 N–H and O–H groups in total. The highest BCUT2D eigenvalue weighted by Gasteiger charge is 2.17. The van der Waals surface area contributed by atoms with Crippen LogP contribution in [0.2, 0.25) is 0 Å². The lowest BCUT2D eigenvalue weighted by atomic mass is 10.1. The van der Waals surface area contributed by atoms with Crippen molar-refractivity contribution in [1.29, 1.82) is 0 Å². The van der Waals surface area contributed by atoms with Gasteiger partial charge in [-0.25, -0.2) is 18.3 Å². The molecule has 0 aliphatic heterocycles. The third-order valence-corrected chi connectivity index (χ3v) is 5.64. The van der Waals surface area contributed by atoms with E-state index in [1.807, 2.05) is 0 Å². The molecule has 4 aromatic rings. The van der Waals surface area contributed by atoms with Crippen molar-refractivity contribution in [2.45, 2.75) is 53.6 Å². The average molecular weight is 416 g/mol. The number of hydrogen-bond donors (Lipinski definition) is 1. The molecule has 5 nitrogen and oxygen atoms in total. The summed E-state index contributed by atoms with van der Waals surface area (Å²) in [5, 5.41) is 3.71. The minimum atomic E-state index is 0.424. The second-order valence-electron chi connectivity index (χ2n) is 8.89. The molecule has 0 spiro atoms. The van der Waals surface area contributed by atoms with E-state index >= 15 is 0 Å². The zero-order valence-electron chi connectivity index (χ0n) is 19.4. The van der Waals surface area contributed by atoms with Crippen molar-refractivity contribution in [1.82, 2.24) is 9.13 Å². The predicted octanol–water partition coefficient (Wildman–Crippen LogP) is 5.37. The summed E-state index contributed by atoms with van der Waals surface area (Å²) in [6, 6.07) is 13.9. The van der Waals surface area contributed by atoms with Crippen molar-refractivity contribution < 1.29 is 9.13 Å². The average Bonchev–Trinajstić information content (AvgIpc) is 3.40. The van der Waals surface area contributed by atoms with Gasteiger partial charge < -0.3 is 5.32 Å². The molecule has 2 aromatic heterocycles. The van der Waals surface area contributed by atoms with E-state index in [4.69, 9.17) is 0 Å². The summed E-state index contributed by atoms with van der Waals surface area (Å²) < 4.78 is 8.80. The van der Waals surface area contributed by atoms with E-state index in [2.05, 4.69) is 139 Å². The molecule has 0 saturated heterocycles. The molecule has 2 aromatic carbocycles. The predicted molar refractivity (Wildman–Crippen MR) is 125 cm³/mol. The molecule has 4 rings (SSSR count). The molecule has 0 bridgehead atoms. The van der Waals surface area contributed by atoms with Crippen molar-refractivity contribution >= 4 is 11.4 Å². The number of rotatable bonds is 6. The van der Waals surface area contributed by atoms with E-state index in [1.165, 1.54) is 11.1 Å². The summed E-state index contributed by atoms with van der Waals surface area (Å²) in [5.41, 5.74) is 6.89. The Morgan fingerprint density at radius 2 is 1.10 bits per heavy atom. The maximum atomic E-state index is 3.71. The Balaban J connectivity index is 1.76. The molecule has 0 unspecified atom stereocenters. The van der Waals surface area contributed by atoms with Crippen LogP contribution in [-0.2, 0) is 0 Å². The van der Waals surface area contributed by atoms with Crippen molar-refractivity contribution in [2.24, 2.45) is 0 Å². The number of aryl methyl sites for hydroxylation is 2. The van der Waals surface area contributed by atoms with Gasteiger partial charge in [0, 0.05) is 0 Å². The van der Waals surface area contributed by atoms with Crippen LogP contribution in [-0.4, -0.2) is 9.13 Å². The second kappa shape index (κ2) is 8.42. The molecule has 160 valence electrons. The minimum Gasteiger partial charge on any atom is -0.349 e. The lowest BCUT2D eigenvalue weighted by Crippen LogP contribution is -2.33. The molecule has 5 heteroatoms. The van der Waals surface area contributed by atoms with Gasteiger partial charge in [-0.15, -0.1) is 0 Å². The highest BCUT2D eigenvalue weighted by atomic mass is 15.2. The van der Waals surface area contributed by atoms with Gasteiger partial charge in [0.05, 0.1) is 23.5 Å². The third kappa shape index (κ3) is 4.41. The van der Waals surface area contributed by atoms with Crippen LogP contribution in [0, 0.1) is 13.8 Å². The van der Waals surface area contributed by atoms with Crippen LogP contribution in [0.5, 0.6) is 0 Å². The maximum absolute atomic E-state index is 3.71. The van der Waals surface area contributed by atoms with E-state index in [1.54, 1.807) is 0 Å². The molecule has 0 aliphatic carbocycles. The van der Waals surface area contributed by atoms with Crippen LogP contribution in [0.25, 0.3) is 11.4 Å². The number of aromatic nitrogens is 4. The largest absolute Gasteiger partial charge is 0.349 e. The number of anilines is 2. The first-order chi connectivity index (χ1) is 14.8. The molecule has 31 heavy (non-hydrogen) atoms. The molecule has 0 radical (unpaired) electrons. The summed E-state index contributed by atoms with van der Waals surface area (Å²) >= 11 is 0. The SMILES string of the molecule is Cc1ccc(Nc2ccc(C)cc2-n2cc[n+](C(C)C)c2)c(-n2cc[n+](C(C)C)c2)c1. The number of imidazole rings is 2. The van der Waals surface area contributed by atoms with Gasteiger partial charge in [-0.1, -0.05) is 12.1 Å². The van der Waals surface area contributed by atoms with Gasteiger partial charge in [-0.3, -0.25) is 0 Å². The topological polar surface area (TPSA) is 29.6 Å². The van der Waals surface area contributed by atoms with Gasteiger partial charge in [-0.2, -0.15) is 0 Å². The molecule has 0 atom stereocenters. The Morgan fingerprint density at radius 1 is 0.677 bits per heavy atom. The molecule has 0 fully saturated rings. The van der Waals surface area contributed by atoms with Crippen LogP contribution in [0.15, 0.2) is 73.8 Å². The van der Waals surface area contributed by atoms with Crippen LogP contribution in [0.3, 0.4) is 0 Å². The summed E-state index contributed by atoms with van der Waals surface area (Å²) in [6.07, 6.45) is 12.8. The van der Waals surface area contributed by atoms with E-state index in [-0.39, 0.29) is 0 Å². The van der Waals surface area contributed by atoms with Gasteiger partial charge >= 0.3 is 0 Å². The lowest BCUT2D eigenvalue weighted by Gasteiger charge is -2.13. The minimum absolute atomic E-state index is 0.424. The first-order valence-electron chi connectivity index (χ1n) is 11.0. The molecule has 0 aliphatic rings. The van der Waals surface area contributed by atoms with E-state index in [9.17, 15) is 0 Å². The smallest absolute Gasteiger partial charge is 0.249 e. The highest BCUT2D eigenvalue weighted by molar-refractivity contribution is 5.75. The van der Waals surface area contributed by atoms with Gasteiger partial charge in [-0.05, 0) is 76.9 Å². The zero-order valence-corrected chi connectivity index (χ0v) is 19.4. The van der Waals surface area contributed by atoms with Crippen molar-refractivity contribution in [3.05, 3.63) is 85.0 Å². The van der Waals surface area contributed by atoms with Crippen molar-refractivity contribution in [3.8, 4) is 11.4 Å².